The van der Waals surface area contributed by atoms with Crippen molar-refractivity contribution in [1.29, 1.82) is 0 Å². The van der Waals surface area contributed by atoms with E-state index in [1.165, 1.54) is 270 Å². The van der Waals surface area contributed by atoms with Gasteiger partial charge in [-0.15, -0.1) is 0 Å². The third kappa shape index (κ3) is 54.0. The van der Waals surface area contributed by atoms with Crippen LogP contribution in [-0.2, 0) is 14.3 Å². The van der Waals surface area contributed by atoms with Crippen LogP contribution in [0.15, 0.2) is 0 Å². The van der Waals surface area contributed by atoms with Crippen LogP contribution in [0.2, 0.25) is 0 Å². The van der Waals surface area contributed by atoms with Crippen molar-refractivity contribution in [2.45, 2.75) is 366 Å². The van der Waals surface area contributed by atoms with E-state index >= 15 is 0 Å². The Balaban J connectivity index is 3.41. The molecule has 0 aromatic heterocycles. The fraction of sp³-hybridized carbons (Fsp3) is 0.967. The Morgan fingerprint density at radius 2 is 0.612 bits per heavy atom. The fourth-order valence-corrected chi connectivity index (χ4v) is 9.94. The zero-order valence-electron chi connectivity index (χ0n) is 45.7. The van der Waals surface area contributed by atoms with Gasteiger partial charge in [-0.1, -0.05) is 316 Å². The first-order valence-electron chi connectivity index (χ1n) is 30.8. The van der Waals surface area contributed by atoms with Gasteiger partial charge in [0.25, 0.3) is 0 Å². The summed E-state index contributed by atoms with van der Waals surface area (Å²) in [5, 5.41) is 23.3. The molecule has 6 heteroatoms. The van der Waals surface area contributed by atoms with E-state index < -0.39 is 12.1 Å². The molecule has 67 heavy (non-hydrogen) atoms. The lowest BCUT2D eigenvalue weighted by atomic mass is 10.0. The highest BCUT2D eigenvalue weighted by Gasteiger charge is 2.20. The molecule has 0 aliphatic heterocycles. The Labute approximate surface area is 419 Å². The number of aliphatic hydroxyl groups excluding tert-OH is 2. The smallest absolute Gasteiger partial charge is 0.305 e. The SMILES string of the molecule is CCCCCCCCCCCCCCCCCCCCCC(O)C(CO)NC(=O)CCCCCCCCCCCCCCCOC(=O)CCCCCCCCCCCCCCCCCCCC. The highest BCUT2D eigenvalue weighted by Crippen LogP contribution is 2.18. The molecule has 400 valence electrons. The summed E-state index contributed by atoms with van der Waals surface area (Å²) in [5.74, 6) is -0.0428. The standard InChI is InChI=1S/C61H121NO5/c1-3-5-7-9-11-13-15-17-19-21-23-24-26-29-33-37-41-45-49-53-59(64)58(57-63)62-60(65)54-50-46-42-38-34-30-28-32-36-40-44-48-52-56-67-61(66)55-51-47-43-39-35-31-27-25-22-20-18-16-14-12-10-8-6-4-2/h58-59,63-64H,3-57H2,1-2H3,(H,62,65). The van der Waals surface area contributed by atoms with Crippen LogP contribution >= 0.6 is 0 Å². The van der Waals surface area contributed by atoms with Gasteiger partial charge in [0, 0.05) is 12.8 Å². The molecule has 0 radical (unpaired) electrons. The monoisotopic (exact) mass is 948 g/mol. The predicted octanol–water partition coefficient (Wildman–Crippen LogP) is 19.1. The van der Waals surface area contributed by atoms with Crippen LogP contribution in [0.1, 0.15) is 354 Å². The maximum absolute atomic E-state index is 12.5. The van der Waals surface area contributed by atoms with Crippen molar-refractivity contribution in [3.63, 3.8) is 0 Å². The molecule has 0 saturated heterocycles. The second-order valence-corrected chi connectivity index (χ2v) is 21.4. The van der Waals surface area contributed by atoms with Gasteiger partial charge in [0.2, 0.25) is 5.91 Å². The first-order valence-corrected chi connectivity index (χ1v) is 30.8. The minimum absolute atomic E-state index is 0.000430. The minimum atomic E-state index is -0.672. The van der Waals surface area contributed by atoms with Gasteiger partial charge < -0.3 is 20.3 Å². The largest absolute Gasteiger partial charge is 0.466 e. The van der Waals surface area contributed by atoms with Crippen LogP contribution in [0.3, 0.4) is 0 Å². The molecule has 0 spiro atoms. The van der Waals surface area contributed by atoms with E-state index in [0.29, 0.717) is 25.9 Å². The molecule has 6 nitrogen and oxygen atoms in total. The molecule has 2 unspecified atom stereocenters. The molecule has 0 rings (SSSR count). The lowest BCUT2D eigenvalue weighted by Crippen LogP contribution is -2.45. The number of unbranched alkanes of at least 4 members (excludes halogenated alkanes) is 47. The Bertz CT molecular complexity index is 959. The summed E-state index contributed by atoms with van der Waals surface area (Å²) in [6.45, 7) is 4.97. The van der Waals surface area contributed by atoms with Crippen molar-refractivity contribution in [2.24, 2.45) is 0 Å². The number of hydrogen-bond acceptors (Lipinski definition) is 5. The van der Waals surface area contributed by atoms with Crippen molar-refractivity contribution < 1.29 is 24.5 Å². The van der Waals surface area contributed by atoms with E-state index in [-0.39, 0.29) is 18.5 Å². The lowest BCUT2D eigenvalue weighted by Gasteiger charge is -2.22. The molecular weight excluding hydrogens is 827 g/mol. The molecule has 0 aliphatic rings. The number of ether oxygens (including phenoxy) is 1. The normalized spacial score (nSPS) is 12.5. The molecule has 0 aromatic rings. The Hall–Kier alpha value is -1.14. The summed E-state index contributed by atoms with van der Waals surface area (Å²) in [6, 6.07) is -0.550. The van der Waals surface area contributed by atoms with Crippen LogP contribution < -0.4 is 5.32 Å². The molecule has 0 aliphatic carbocycles. The minimum Gasteiger partial charge on any atom is -0.466 e. The fourth-order valence-electron chi connectivity index (χ4n) is 9.94. The number of nitrogens with one attached hydrogen (secondary N) is 1. The van der Waals surface area contributed by atoms with Gasteiger partial charge in [0.1, 0.15) is 0 Å². The first kappa shape index (κ1) is 65.9. The zero-order valence-corrected chi connectivity index (χ0v) is 45.7. The molecule has 0 heterocycles. The second-order valence-electron chi connectivity index (χ2n) is 21.4. The van der Waals surface area contributed by atoms with Crippen LogP contribution in [0.4, 0.5) is 0 Å². The quantitative estimate of drug-likeness (QED) is 0.0417. The van der Waals surface area contributed by atoms with Crippen molar-refractivity contribution in [1.82, 2.24) is 5.32 Å². The molecule has 3 N–H and O–H groups in total. The van der Waals surface area contributed by atoms with Crippen molar-refractivity contribution in [3.05, 3.63) is 0 Å². The Morgan fingerprint density at radius 1 is 0.358 bits per heavy atom. The van der Waals surface area contributed by atoms with Crippen molar-refractivity contribution in [2.75, 3.05) is 13.2 Å². The summed E-state index contributed by atoms with van der Waals surface area (Å²) in [7, 11) is 0. The van der Waals surface area contributed by atoms with Gasteiger partial charge >= 0.3 is 5.97 Å². The number of rotatable bonds is 58. The average molecular weight is 949 g/mol. The maximum Gasteiger partial charge on any atom is 0.305 e. The van der Waals surface area contributed by atoms with Gasteiger partial charge in [-0.3, -0.25) is 9.59 Å². The third-order valence-corrected chi connectivity index (χ3v) is 14.7. The van der Waals surface area contributed by atoms with Gasteiger partial charge in [-0.05, 0) is 25.7 Å². The number of carbonyl (C=O) groups is 2. The molecule has 0 aromatic carbocycles. The maximum atomic E-state index is 12.5. The van der Waals surface area contributed by atoms with Gasteiger partial charge in [-0.25, -0.2) is 0 Å². The molecule has 0 bridgehead atoms. The number of amides is 1. The van der Waals surface area contributed by atoms with E-state index in [2.05, 4.69) is 19.2 Å². The van der Waals surface area contributed by atoms with Gasteiger partial charge in [0.15, 0.2) is 0 Å². The zero-order chi connectivity index (χ0) is 48.6. The van der Waals surface area contributed by atoms with E-state index in [1.807, 2.05) is 0 Å². The van der Waals surface area contributed by atoms with Crippen molar-refractivity contribution in [3.8, 4) is 0 Å². The molecular formula is C61H121NO5. The first-order chi connectivity index (χ1) is 33.0. The number of esters is 1. The van der Waals surface area contributed by atoms with Gasteiger partial charge in [0.05, 0.1) is 25.4 Å². The van der Waals surface area contributed by atoms with Crippen molar-refractivity contribution >= 4 is 11.9 Å². The lowest BCUT2D eigenvalue weighted by molar-refractivity contribution is -0.143. The predicted molar refractivity (Wildman–Crippen MR) is 292 cm³/mol. The highest BCUT2D eigenvalue weighted by atomic mass is 16.5. The van der Waals surface area contributed by atoms with E-state index in [4.69, 9.17) is 4.74 Å². The summed E-state index contributed by atoms with van der Waals surface area (Å²) in [6.07, 6.45) is 66.7. The van der Waals surface area contributed by atoms with Crippen LogP contribution in [0.5, 0.6) is 0 Å². The van der Waals surface area contributed by atoms with Crippen LogP contribution in [0, 0.1) is 0 Å². The molecule has 2 atom stereocenters. The average Bonchev–Trinajstić information content (AvgIpc) is 3.33. The van der Waals surface area contributed by atoms with E-state index in [9.17, 15) is 19.8 Å². The molecule has 0 fully saturated rings. The summed E-state index contributed by atoms with van der Waals surface area (Å²) < 4.78 is 5.49. The second kappa shape index (κ2) is 57.4. The van der Waals surface area contributed by atoms with E-state index in [1.54, 1.807) is 0 Å². The van der Waals surface area contributed by atoms with Crippen LogP contribution in [0.25, 0.3) is 0 Å². The van der Waals surface area contributed by atoms with Gasteiger partial charge in [-0.2, -0.15) is 0 Å². The van der Waals surface area contributed by atoms with Crippen LogP contribution in [-0.4, -0.2) is 47.4 Å². The van der Waals surface area contributed by atoms with E-state index in [0.717, 1.165) is 51.4 Å². The Kier molecular flexibility index (Phi) is 56.5. The summed E-state index contributed by atoms with van der Waals surface area (Å²) in [5.41, 5.74) is 0. The molecule has 1 amide bonds. The number of aliphatic hydroxyl groups is 2. The molecule has 0 saturated carbocycles. The topological polar surface area (TPSA) is 95.9 Å². The Morgan fingerprint density at radius 3 is 0.910 bits per heavy atom. The highest BCUT2D eigenvalue weighted by molar-refractivity contribution is 5.76. The number of carbonyl (C=O) groups excluding carboxylic acids is 2. The summed E-state index contributed by atoms with van der Waals surface area (Å²) in [4.78, 5) is 24.6. The summed E-state index contributed by atoms with van der Waals surface area (Å²) >= 11 is 0. The number of hydrogen-bond donors (Lipinski definition) is 3. The third-order valence-electron chi connectivity index (χ3n) is 14.7.